The lowest BCUT2D eigenvalue weighted by Gasteiger charge is -2.08. The van der Waals surface area contributed by atoms with Gasteiger partial charge >= 0.3 is 0 Å². The Morgan fingerprint density at radius 3 is 2.33 bits per heavy atom. The van der Waals surface area contributed by atoms with Crippen LogP contribution in [0.4, 0.5) is 4.39 Å². The van der Waals surface area contributed by atoms with Gasteiger partial charge in [-0.1, -0.05) is 34.8 Å². The first kappa shape index (κ1) is 13.6. The molecule has 0 atom stereocenters. The fourth-order valence-electron chi connectivity index (χ4n) is 1.47. The number of pyridine rings is 1. The van der Waals surface area contributed by atoms with Crippen molar-refractivity contribution in [3.05, 3.63) is 50.8 Å². The first-order valence-electron chi connectivity index (χ1n) is 4.93. The van der Waals surface area contributed by atoms with E-state index in [0.29, 0.717) is 11.1 Å². The minimum atomic E-state index is -0.582. The summed E-state index contributed by atoms with van der Waals surface area (Å²) >= 11 is 17.6. The largest absolute Gasteiger partial charge is 0.392 e. The van der Waals surface area contributed by atoms with Gasteiger partial charge in [0.1, 0.15) is 11.5 Å². The van der Waals surface area contributed by atoms with Crippen LogP contribution in [0.1, 0.15) is 5.56 Å². The molecular formula is C12H7Cl3FNO. The van der Waals surface area contributed by atoms with Crippen molar-refractivity contribution in [2.24, 2.45) is 0 Å². The number of nitrogens with zero attached hydrogens (tertiary/aromatic N) is 1. The number of hydrogen-bond acceptors (Lipinski definition) is 2. The molecule has 1 aromatic heterocycles. The van der Waals surface area contributed by atoms with Crippen LogP contribution in [0, 0.1) is 5.82 Å². The van der Waals surface area contributed by atoms with E-state index < -0.39 is 5.82 Å². The first-order valence-corrected chi connectivity index (χ1v) is 6.06. The summed E-state index contributed by atoms with van der Waals surface area (Å²) in [7, 11) is 0. The van der Waals surface area contributed by atoms with Crippen LogP contribution in [0.3, 0.4) is 0 Å². The monoisotopic (exact) mass is 305 g/mol. The van der Waals surface area contributed by atoms with E-state index in [4.69, 9.17) is 39.9 Å². The van der Waals surface area contributed by atoms with Crippen molar-refractivity contribution in [2.75, 3.05) is 0 Å². The van der Waals surface area contributed by atoms with Crippen LogP contribution in [-0.4, -0.2) is 10.1 Å². The number of rotatable bonds is 2. The molecule has 0 radical (unpaired) electrons. The van der Waals surface area contributed by atoms with E-state index in [1.165, 1.54) is 24.4 Å². The van der Waals surface area contributed by atoms with Gasteiger partial charge in [-0.25, -0.2) is 4.39 Å². The van der Waals surface area contributed by atoms with Gasteiger partial charge in [0, 0.05) is 11.8 Å². The van der Waals surface area contributed by atoms with Gasteiger partial charge in [0.2, 0.25) is 0 Å². The van der Waals surface area contributed by atoms with Crippen LogP contribution in [0.15, 0.2) is 24.4 Å². The summed E-state index contributed by atoms with van der Waals surface area (Å²) in [6.07, 6.45) is 1.37. The summed E-state index contributed by atoms with van der Waals surface area (Å²) in [4.78, 5) is 3.93. The van der Waals surface area contributed by atoms with Gasteiger partial charge in [-0.15, -0.1) is 0 Å². The highest BCUT2D eigenvalue weighted by atomic mass is 35.5. The number of benzene rings is 1. The van der Waals surface area contributed by atoms with E-state index in [1.54, 1.807) is 0 Å². The Labute approximate surface area is 118 Å². The average molecular weight is 307 g/mol. The van der Waals surface area contributed by atoms with Gasteiger partial charge in [-0.05, 0) is 23.8 Å². The van der Waals surface area contributed by atoms with E-state index >= 15 is 0 Å². The van der Waals surface area contributed by atoms with Crippen LogP contribution >= 0.6 is 34.8 Å². The van der Waals surface area contributed by atoms with Crippen molar-refractivity contribution in [1.29, 1.82) is 0 Å². The minimum Gasteiger partial charge on any atom is -0.392 e. The number of aliphatic hydroxyl groups is 1. The molecule has 0 aliphatic heterocycles. The first-order chi connectivity index (χ1) is 8.52. The SMILES string of the molecule is OCc1cnc(-c2cc(Cl)c(Cl)cc2Cl)c(F)c1. The molecule has 1 N–H and O–H groups in total. The molecule has 2 rings (SSSR count). The summed E-state index contributed by atoms with van der Waals surface area (Å²) < 4.78 is 13.8. The second-order valence-corrected chi connectivity index (χ2v) is 4.80. The molecule has 0 saturated carbocycles. The molecule has 2 nitrogen and oxygen atoms in total. The molecule has 6 heteroatoms. The minimum absolute atomic E-state index is 0.0655. The topological polar surface area (TPSA) is 33.1 Å². The smallest absolute Gasteiger partial charge is 0.149 e. The molecule has 0 saturated heterocycles. The summed E-state index contributed by atoms with van der Waals surface area (Å²) in [6, 6.07) is 4.08. The second kappa shape index (κ2) is 5.41. The highest BCUT2D eigenvalue weighted by molar-refractivity contribution is 6.44. The van der Waals surface area contributed by atoms with Crippen molar-refractivity contribution < 1.29 is 9.50 Å². The molecule has 18 heavy (non-hydrogen) atoms. The zero-order chi connectivity index (χ0) is 13.3. The Balaban J connectivity index is 2.58. The third-order valence-electron chi connectivity index (χ3n) is 2.35. The Morgan fingerprint density at radius 2 is 1.72 bits per heavy atom. The van der Waals surface area contributed by atoms with E-state index in [9.17, 15) is 4.39 Å². The van der Waals surface area contributed by atoms with Crippen LogP contribution in [0.5, 0.6) is 0 Å². The van der Waals surface area contributed by atoms with Crippen molar-refractivity contribution in [3.63, 3.8) is 0 Å². The van der Waals surface area contributed by atoms with Gasteiger partial charge < -0.3 is 5.11 Å². The fourth-order valence-corrected chi connectivity index (χ4v) is 2.10. The Bertz CT molecular complexity index is 604. The Morgan fingerprint density at radius 1 is 1.06 bits per heavy atom. The second-order valence-electron chi connectivity index (χ2n) is 3.58. The van der Waals surface area contributed by atoms with Gasteiger partial charge in [0.05, 0.1) is 21.7 Å². The molecule has 0 unspecified atom stereocenters. The standard InChI is InChI=1S/C12H7Cl3FNO/c13-8-3-10(15)9(14)2-7(8)12-11(16)1-6(5-18)4-17-12/h1-4,18H,5H2. The lowest BCUT2D eigenvalue weighted by atomic mass is 10.1. The molecule has 0 spiro atoms. The maximum absolute atomic E-state index is 13.8. The van der Waals surface area contributed by atoms with Crippen molar-refractivity contribution in [3.8, 4) is 11.3 Å². The molecule has 0 fully saturated rings. The molecule has 94 valence electrons. The van der Waals surface area contributed by atoms with Crippen molar-refractivity contribution in [2.45, 2.75) is 6.61 Å². The Kier molecular flexibility index (Phi) is 4.07. The summed E-state index contributed by atoms with van der Waals surface area (Å²) in [6.45, 7) is -0.278. The number of halogens is 4. The van der Waals surface area contributed by atoms with Gasteiger partial charge in [-0.3, -0.25) is 4.98 Å². The highest BCUT2D eigenvalue weighted by Gasteiger charge is 2.13. The van der Waals surface area contributed by atoms with Crippen molar-refractivity contribution >= 4 is 34.8 Å². The van der Waals surface area contributed by atoms with E-state index in [1.807, 2.05) is 0 Å². The molecule has 0 aliphatic rings. The zero-order valence-corrected chi connectivity index (χ0v) is 11.2. The molecular weight excluding hydrogens is 299 g/mol. The van der Waals surface area contributed by atoms with Crippen LogP contribution in [-0.2, 0) is 6.61 Å². The summed E-state index contributed by atoms with van der Waals surface area (Å²) in [5, 5.41) is 9.70. The third kappa shape index (κ3) is 2.59. The number of aliphatic hydroxyl groups excluding tert-OH is 1. The van der Waals surface area contributed by atoms with E-state index in [-0.39, 0.29) is 27.4 Å². The van der Waals surface area contributed by atoms with Gasteiger partial charge in [0.25, 0.3) is 0 Å². The average Bonchev–Trinajstić information content (AvgIpc) is 2.34. The quantitative estimate of drug-likeness (QED) is 0.837. The molecule has 0 aliphatic carbocycles. The number of aromatic nitrogens is 1. The molecule has 1 aromatic carbocycles. The van der Waals surface area contributed by atoms with Crippen LogP contribution in [0.25, 0.3) is 11.3 Å². The number of hydrogen-bond donors (Lipinski definition) is 1. The normalized spacial score (nSPS) is 10.7. The molecule has 0 bridgehead atoms. The molecule has 0 amide bonds. The molecule has 2 aromatic rings. The summed E-state index contributed by atoms with van der Waals surface area (Å²) in [5.74, 6) is -0.582. The third-order valence-corrected chi connectivity index (χ3v) is 3.38. The maximum atomic E-state index is 13.8. The zero-order valence-electron chi connectivity index (χ0n) is 8.92. The highest BCUT2D eigenvalue weighted by Crippen LogP contribution is 2.35. The van der Waals surface area contributed by atoms with E-state index in [0.717, 1.165) is 0 Å². The molecule has 1 heterocycles. The summed E-state index contributed by atoms with van der Waals surface area (Å²) in [5.41, 5.74) is 0.802. The van der Waals surface area contributed by atoms with Crippen molar-refractivity contribution in [1.82, 2.24) is 4.98 Å². The van der Waals surface area contributed by atoms with Gasteiger partial charge in [-0.2, -0.15) is 0 Å². The fraction of sp³-hybridized carbons (Fsp3) is 0.0833. The Hall–Kier alpha value is -0.870. The predicted molar refractivity (Wildman–Crippen MR) is 70.6 cm³/mol. The van der Waals surface area contributed by atoms with Crippen LogP contribution < -0.4 is 0 Å². The van der Waals surface area contributed by atoms with E-state index in [2.05, 4.69) is 4.98 Å². The lowest BCUT2D eigenvalue weighted by molar-refractivity contribution is 0.280. The van der Waals surface area contributed by atoms with Gasteiger partial charge in [0.15, 0.2) is 0 Å². The predicted octanol–water partition coefficient (Wildman–Crippen LogP) is 4.34. The van der Waals surface area contributed by atoms with Crippen LogP contribution in [0.2, 0.25) is 15.1 Å². The lowest BCUT2D eigenvalue weighted by Crippen LogP contribution is -1.94. The maximum Gasteiger partial charge on any atom is 0.149 e.